The summed E-state index contributed by atoms with van der Waals surface area (Å²) in [5.74, 6) is 1.03. The van der Waals surface area contributed by atoms with Crippen molar-refractivity contribution in [2.75, 3.05) is 0 Å². The van der Waals surface area contributed by atoms with Gasteiger partial charge in [-0.25, -0.2) is 4.98 Å². The molecule has 0 N–H and O–H groups in total. The van der Waals surface area contributed by atoms with Crippen LogP contribution in [0.2, 0.25) is 0 Å². The van der Waals surface area contributed by atoms with Crippen molar-refractivity contribution in [1.29, 1.82) is 0 Å². The van der Waals surface area contributed by atoms with Gasteiger partial charge in [0.05, 0.1) is 29.4 Å². The van der Waals surface area contributed by atoms with Gasteiger partial charge in [0.1, 0.15) is 12.1 Å². The number of furan rings is 1. The van der Waals surface area contributed by atoms with Crippen molar-refractivity contribution in [3.63, 3.8) is 0 Å². The average Bonchev–Trinajstić information content (AvgIpc) is 2.87. The zero-order chi connectivity index (χ0) is 9.83. The second-order valence-electron chi connectivity index (χ2n) is 3.82. The molecule has 0 saturated carbocycles. The van der Waals surface area contributed by atoms with Gasteiger partial charge in [-0.1, -0.05) is 12.1 Å². The summed E-state index contributed by atoms with van der Waals surface area (Å²) in [6.45, 7) is 0.877. The fourth-order valence-electron chi connectivity index (χ4n) is 2.25. The summed E-state index contributed by atoms with van der Waals surface area (Å²) in [7, 11) is 0. The molecule has 3 heterocycles. The Bertz CT molecular complexity index is 663. The zero-order valence-electron chi connectivity index (χ0n) is 7.97. The predicted octanol–water partition coefficient (Wildman–Crippen LogP) is 2.66. The van der Waals surface area contributed by atoms with Crippen LogP contribution in [0.15, 0.2) is 41.2 Å². The van der Waals surface area contributed by atoms with E-state index in [4.69, 9.17) is 4.42 Å². The lowest BCUT2D eigenvalue weighted by Crippen LogP contribution is -1.91. The van der Waals surface area contributed by atoms with E-state index in [9.17, 15) is 0 Å². The molecule has 2 aromatic heterocycles. The minimum Gasteiger partial charge on any atom is -0.471 e. The lowest BCUT2D eigenvalue weighted by molar-refractivity contribution is 0.561. The number of benzene rings is 1. The lowest BCUT2D eigenvalue weighted by Gasteiger charge is -1.97. The minimum atomic E-state index is 0.877. The van der Waals surface area contributed by atoms with Crippen LogP contribution in [0.5, 0.6) is 0 Å². The summed E-state index contributed by atoms with van der Waals surface area (Å²) in [5, 5.41) is 0. The molecule has 72 valence electrons. The van der Waals surface area contributed by atoms with Crippen molar-refractivity contribution < 1.29 is 4.42 Å². The van der Waals surface area contributed by atoms with Crippen LogP contribution in [0, 0.1) is 0 Å². The maximum absolute atomic E-state index is 5.19. The highest BCUT2D eigenvalue weighted by molar-refractivity contribution is 5.83. The molecule has 0 amide bonds. The summed E-state index contributed by atoms with van der Waals surface area (Å²) in [6, 6.07) is 8.21. The largest absolute Gasteiger partial charge is 0.471 e. The van der Waals surface area contributed by atoms with Gasteiger partial charge in [-0.05, 0) is 12.1 Å². The molecule has 4 rings (SSSR count). The molecule has 0 unspecified atom stereocenters. The number of aromatic nitrogens is 2. The summed E-state index contributed by atoms with van der Waals surface area (Å²) in [4.78, 5) is 4.61. The molecular formula is C12H8N2O. The maximum atomic E-state index is 5.19. The molecule has 0 spiro atoms. The van der Waals surface area contributed by atoms with Crippen LogP contribution in [0.4, 0.5) is 0 Å². The van der Waals surface area contributed by atoms with Crippen LogP contribution < -0.4 is 0 Å². The Morgan fingerprint density at radius 2 is 2.13 bits per heavy atom. The fourth-order valence-corrected chi connectivity index (χ4v) is 2.25. The Labute approximate surface area is 86.0 Å². The smallest absolute Gasteiger partial charge is 0.145 e. The van der Waals surface area contributed by atoms with Crippen LogP contribution in [0.1, 0.15) is 5.56 Å². The fraction of sp³-hybridized carbons (Fsp3) is 0.0833. The standard InChI is InChI=1S/C12H8N2O/c1-2-4-11-10(3-1)13-12-9-7-15-6-8(9)5-14(11)12/h1-4,6-7H,5H2. The zero-order valence-corrected chi connectivity index (χ0v) is 7.97. The van der Waals surface area contributed by atoms with E-state index in [-0.39, 0.29) is 0 Å². The molecule has 0 bridgehead atoms. The highest BCUT2D eigenvalue weighted by atomic mass is 16.3. The Morgan fingerprint density at radius 1 is 1.20 bits per heavy atom. The van der Waals surface area contributed by atoms with Crippen LogP contribution in [0.25, 0.3) is 22.4 Å². The number of rotatable bonds is 0. The Hall–Kier alpha value is -2.03. The number of fused-ring (bicyclic) bond motifs is 5. The maximum Gasteiger partial charge on any atom is 0.145 e. The monoisotopic (exact) mass is 196 g/mol. The third-order valence-corrected chi connectivity index (χ3v) is 2.97. The van der Waals surface area contributed by atoms with E-state index >= 15 is 0 Å². The average molecular weight is 196 g/mol. The first-order valence-electron chi connectivity index (χ1n) is 4.94. The Morgan fingerprint density at radius 3 is 3.13 bits per heavy atom. The van der Waals surface area contributed by atoms with Crippen molar-refractivity contribution in [3.8, 4) is 11.4 Å². The summed E-state index contributed by atoms with van der Waals surface area (Å²) in [6.07, 6.45) is 3.58. The molecule has 3 aromatic rings. The number of hydrogen-bond acceptors (Lipinski definition) is 2. The van der Waals surface area contributed by atoms with Gasteiger partial charge >= 0.3 is 0 Å². The van der Waals surface area contributed by atoms with E-state index in [1.807, 2.05) is 18.2 Å². The predicted molar refractivity (Wildman–Crippen MR) is 56.5 cm³/mol. The summed E-state index contributed by atoms with van der Waals surface area (Å²) in [5.41, 5.74) is 4.61. The number of para-hydroxylation sites is 2. The minimum absolute atomic E-state index is 0.877. The molecule has 0 atom stereocenters. The van der Waals surface area contributed by atoms with Crippen molar-refractivity contribution in [3.05, 3.63) is 42.4 Å². The second kappa shape index (κ2) is 2.31. The number of imidazole rings is 1. The third kappa shape index (κ3) is 0.783. The molecule has 1 aliphatic heterocycles. The van der Waals surface area contributed by atoms with Crippen molar-refractivity contribution in [2.24, 2.45) is 0 Å². The van der Waals surface area contributed by atoms with E-state index in [0.29, 0.717) is 0 Å². The molecule has 0 aliphatic carbocycles. The molecule has 0 saturated heterocycles. The molecule has 3 nitrogen and oxygen atoms in total. The lowest BCUT2D eigenvalue weighted by atomic mass is 10.2. The van der Waals surface area contributed by atoms with E-state index in [1.165, 1.54) is 11.1 Å². The van der Waals surface area contributed by atoms with Gasteiger partial charge < -0.3 is 8.98 Å². The first-order chi connectivity index (χ1) is 7.43. The summed E-state index contributed by atoms with van der Waals surface area (Å²) >= 11 is 0. The van der Waals surface area contributed by atoms with Gasteiger partial charge in [-0.15, -0.1) is 0 Å². The van der Waals surface area contributed by atoms with E-state index in [1.54, 1.807) is 12.5 Å². The van der Waals surface area contributed by atoms with Crippen LogP contribution in [0.3, 0.4) is 0 Å². The van der Waals surface area contributed by atoms with E-state index in [0.717, 1.165) is 23.4 Å². The van der Waals surface area contributed by atoms with Gasteiger partial charge in [-0.3, -0.25) is 0 Å². The van der Waals surface area contributed by atoms with E-state index in [2.05, 4.69) is 15.6 Å². The van der Waals surface area contributed by atoms with Crippen molar-refractivity contribution >= 4 is 11.0 Å². The number of nitrogens with zero attached hydrogens (tertiary/aromatic N) is 2. The third-order valence-electron chi connectivity index (χ3n) is 2.97. The molecule has 1 aliphatic rings. The molecule has 0 radical (unpaired) electrons. The quantitative estimate of drug-likeness (QED) is 0.433. The molecule has 0 fully saturated rings. The van der Waals surface area contributed by atoms with E-state index < -0.39 is 0 Å². The highest BCUT2D eigenvalue weighted by Gasteiger charge is 2.23. The Kier molecular flexibility index (Phi) is 1.12. The topological polar surface area (TPSA) is 31.0 Å². The van der Waals surface area contributed by atoms with Crippen LogP contribution in [-0.4, -0.2) is 9.55 Å². The summed E-state index contributed by atoms with van der Waals surface area (Å²) < 4.78 is 7.42. The van der Waals surface area contributed by atoms with Crippen LogP contribution >= 0.6 is 0 Å². The number of hydrogen-bond donors (Lipinski definition) is 0. The van der Waals surface area contributed by atoms with Crippen molar-refractivity contribution in [2.45, 2.75) is 6.54 Å². The normalized spacial score (nSPS) is 13.1. The second-order valence-corrected chi connectivity index (χ2v) is 3.82. The van der Waals surface area contributed by atoms with Gasteiger partial charge in [-0.2, -0.15) is 0 Å². The molecule has 15 heavy (non-hydrogen) atoms. The molecule has 1 aromatic carbocycles. The molecule has 3 heteroatoms. The SMILES string of the molecule is c1ccc2c(c1)nc1n2Cc2cocc2-1. The first kappa shape index (κ1) is 7.29. The van der Waals surface area contributed by atoms with Gasteiger partial charge in [0.15, 0.2) is 0 Å². The van der Waals surface area contributed by atoms with Crippen molar-refractivity contribution in [1.82, 2.24) is 9.55 Å². The van der Waals surface area contributed by atoms with Gasteiger partial charge in [0.25, 0.3) is 0 Å². The highest BCUT2D eigenvalue weighted by Crippen LogP contribution is 2.34. The Balaban J connectivity index is 2.15. The first-order valence-corrected chi connectivity index (χ1v) is 4.94. The van der Waals surface area contributed by atoms with Crippen LogP contribution in [-0.2, 0) is 6.54 Å². The van der Waals surface area contributed by atoms with Gasteiger partial charge in [0, 0.05) is 5.56 Å². The molecular weight excluding hydrogens is 188 g/mol. The van der Waals surface area contributed by atoms with Gasteiger partial charge in [0.2, 0.25) is 0 Å².